The van der Waals surface area contributed by atoms with Crippen LogP contribution in [-0.2, 0) is 10.0 Å². The zero-order chi connectivity index (χ0) is 20.9. The van der Waals surface area contributed by atoms with Crippen molar-refractivity contribution in [3.8, 4) is 5.75 Å². The molecule has 6 nitrogen and oxygen atoms in total. The largest absolute Gasteiger partial charge is 0.494 e. The highest BCUT2D eigenvalue weighted by Gasteiger charge is 2.27. The van der Waals surface area contributed by atoms with Crippen molar-refractivity contribution in [3.63, 3.8) is 0 Å². The molecule has 0 saturated carbocycles. The summed E-state index contributed by atoms with van der Waals surface area (Å²) in [5.41, 5.74) is 1.06. The Bertz CT molecular complexity index is 916. The van der Waals surface area contributed by atoms with Gasteiger partial charge in [0, 0.05) is 24.3 Å². The monoisotopic (exact) mass is 416 g/mol. The molecule has 1 N–H and O–H groups in total. The van der Waals surface area contributed by atoms with Crippen molar-refractivity contribution >= 4 is 21.6 Å². The predicted molar refractivity (Wildman–Crippen MR) is 114 cm³/mol. The van der Waals surface area contributed by atoms with Crippen LogP contribution in [-0.4, -0.2) is 38.3 Å². The summed E-state index contributed by atoms with van der Waals surface area (Å²) < 4.78 is 32.6. The number of nitrogens with zero attached hydrogens (tertiary/aromatic N) is 1. The molecule has 156 valence electrons. The predicted octanol–water partition coefficient (Wildman–Crippen LogP) is 4.15. The normalized spacial score (nSPS) is 15.8. The highest BCUT2D eigenvalue weighted by atomic mass is 32.2. The van der Waals surface area contributed by atoms with E-state index in [0.717, 1.165) is 25.0 Å². The number of rotatable bonds is 7. The van der Waals surface area contributed by atoms with E-state index >= 15 is 0 Å². The number of amides is 1. The molecule has 1 aliphatic heterocycles. The number of anilines is 1. The summed E-state index contributed by atoms with van der Waals surface area (Å²) in [5.74, 6) is 1.03. The van der Waals surface area contributed by atoms with Crippen molar-refractivity contribution in [2.75, 3.05) is 25.0 Å². The second kappa shape index (κ2) is 9.41. The van der Waals surface area contributed by atoms with Crippen molar-refractivity contribution in [2.45, 2.75) is 38.0 Å². The zero-order valence-corrected chi connectivity index (χ0v) is 17.7. The second-order valence-corrected chi connectivity index (χ2v) is 9.38. The lowest BCUT2D eigenvalue weighted by atomic mass is 10.0. The third kappa shape index (κ3) is 5.36. The summed E-state index contributed by atoms with van der Waals surface area (Å²) in [5, 5.41) is 2.80. The Morgan fingerprint density at radius 2 is 1.69 bits per heavy atom. The van der Waals surface area contributed by atoms with Gasteiger partial charge in [-0.3, -0.25) is 4.79 Å². The van der Waals surface area contributed by atoms with Crippen LogP contribution in [0, 0.1) is 5.92 Å². The van der Waals surface area contributed by atoms with Crippen LogP contribution in [0.3, 0.4) is 0 Å². The van der Waals surface area contributed by atoms with E-state index in [2.05, 4.69) is 12.2 Å². The van der Waals surface area contributed by atoms with Gasteiger partial charge in [0.15, 0.2) is 0 Å². The van der Waals surface area contributed by atoms with Gasteiger partial charge in [0.05, 0.1) is 11.5 Å². The number of sulfonamides is 1. The summed E-state index contributed by atoms with van der Waals surface area (Å²) in [6.45, 7) is 5.93. The Labute approximate surface area is 172 Å². The van der Waals surface area contributed by atoms with Gasteiger partial charge in [-0.25, -0.2) is 8.42 Å². The second-order valence-electron chi connectivity index (χ2n) is 7.44. The Hall–Kier alpha value is -2.38. The fourth-order valence-corrected chi connectivity index (χ4v) is 4.68. The van der Waals surface area contributed by atoms with Crippen LogP contribution in [0.1, 0.15) is 43.5 Å². The van der Waals surface area contributed by atoms with Crippen LogP contribution in [0.2, 0.25) is 0 Å². The number of carbonyl (C=O) groups excluding carboxylic acids is 1. The van der Waals surface area contributed by atoms with Crippen molar-refractivity contribution < 1.29 is 17.9 Å². The minimum absolute atomic E-state index is 0.252. The van der Waals surface area contributed by atoms with E-state index in [4.69, 9.17) is 4.74 Å². The Morgan fingerprint density at radius 1 is 1.07 bits per heavy atom. The van der Waals surface area contributed by atoms with Crippen LogP contribution in [0.15, 0.2) is 53.4 Å². The standard InChI is InChI=1S/C22H28N2O4S/c1-3-16-28-20-8-4-18(5-9-20)22(25)23-19-6-10-21(11-7-19)29(26,27)24-14-12-17(2)13-15-24/h4-11,17H,3,12-16H2,1-2H3,(H,23,25). The quantitative estimate of drug-likeness (QED) is 0.736. The molecule has 1 fully saturated rings. The number of piperidine rings is 1. The SMILES string of the molecule is CCCOc1ccc(C(=O)Nc2ccc(S(=O)(=O)N3CCC(C)CC3)cc2)cc1. The van der Waals surface area contributed by atoms with Gasteiger partial charge in [-0.1, -0.05) is 13.8 Å². The number of nitrogens with one attached hydrogen (secondary N) is 1. The molecule has 0 radical (unpaired) electrons. The molecule has 0 spiro atoms. The first kappa shape index (κ1) is 21.3. The molecule has 2 aromatic rings. The molecule has 7 heteroatoms. The van der Waals surface area contributed by atoms with E-state index in [-0.39, 0.29) is 10.8 Å². The number of benzene rings is 2. The molecule has 0 atom stereocenters. The van der Waals surface area contributed by atoms with Gasteiger partial charge in [0.25, 0.3) is 5.91 Å². The lowest BCUT2D eigenvalue weighted by molar-refractivity contribution is 0.102. The summed E-state index contributed by atoms with van der Waals surface area (Å²) >= 11 is 0. The summed E-state index contributed by atoms with van der Waals surface area (Å²) in [7, 11) is -3.49. The van der Waals surface area contributed by atoms with Crippen molar-refractivity contribution in [1.82, 2.24) is 4.31 Å². The topological polar surface area (TPSA) is 75.7 Å². The summed E-state index contributed by atoms with van der Waals surface area (Å²) in [6, 6.07) is 13.3. The third-order valence-corrected chi connectivity index (χ3v) is 6.99. The Kier molecular flexibility index (Phi) is 6.92. The van der Waals surface area contributed by atoms with E-state index in [1.165, 1.54) is 0 Å². The average Bonchev–Trinajstić information content (AvgIpc) is 2.73. The van der Waals surface area contributed by atoms with Crippen LogP contribution >= 0.6 is 0 Å². The molecule has 1 heterocycles. The average molecular weight is 417 g/mol. The van der Waals surface area contributed by atoms with Crippen LogP contribution in [0.5, 0.6) is 5.75 Å². The van der Waals surface area contributed by atoms with Crippen molar-refractivity contribution in [1.29, 1.82) is 0 Å². The van der Waals surface area contributed by atoms with Crippen LogP contribution < -0.4 is 10.1 Å². The first-order valence-corrected chi connectivity index (χ1v) is 11.5. The molecular weight excluding hydrogens is 388 g/mol. The number of ether oxygens (including phenoxy) is 1. The molecule has 3 rings (SSSR count). The van der Waals surface area contributed by atoms with E-state index in [1.807, 2.05) is 6.92 Å². The maximum absolute atomic E-state index is 12.8. The van der Waals surface area contributed by atoms with Crippen molar-refractivity contribution in [3.05, 3.63) is 54.1 Å². The number of carbonyl (C=O) groups is 1. The van der Waals surface area contributed by atoms with Gasteiger partial charge in [0.2, 0.25) is 10.0 Å². The minimum Gasteiger partial charge on any atom is -0.494 e. The molecule has 0 bridgehead atoms. The van der Waals surface area contributed by atoms with Crippen molar-refractivity contribution in [2.24, 2.45) is 5.92 Å². The van der Waals surface area contributed by atoms with Gasteiger partial charge in [-0.05, 0) is 73.7 Å². The third-order valence-electron chi connectivity index (χ3n) is 5.08. The smallest absolute Gasteiger partial charge is 0.255 e. The van der Waals surface area contributed by atoms with Crippen LogP contribution in [0.25, 0.3) is 0 Å². The van der Waals surface area contributed by atoms with Gasteiger partial charge in [-0.2, -0.15) is 4.31 Å². The summed E-state index contributed by atoms with van der Waals surface area (Å²) in [4.78, 5) is 12.7. The molecule has 0 unspecified atom stereocenters. The Morgan fingerprint density at radius 3 is 2.28 bits per heavy atom. The molecule has 2 aromatic carbocycles. The molecular formula is C22H28N2O4S. The van der Waals surface area contributed by atoms with E-state index < -0.39 is 10.0 Å². The first-order chi connectivity index (χ1) is 13.9. The maximum atomic E-state index is 12.8. The van der Waals surface area contributed by atoms with E-state index in [9.17, 15) is 13.2 Å². The van der Waals surface area contributed by atoms with Gasteiger partial charge in [0.1, 0.15) is 5.75 Å². The fraction of sp³-hybridized carbons (Fsp3) is 0.409. The molecule has 1 aliphatic rings. The highest BCUT2D eigenvalue weighted by molar-refractivity contribution is 7.89. The lowest BCUT2D eigenvalue weighted by Gasteiger charge is -2.29. The molecule has 1 amide bonds. The molecule has 29 heavy (non-hydrogen) atoms. The first-order valence-electron chi connectivity index (χ1n) is 10.0. The van der Waals surface area contributed by atoms with Gasteiger partial charge >= 0.3 is 0 Å². The van der Waals surface area contributed by atoms with Gasteiger partial charge in [-0.15, -0.1) is 0 Å². The number of hydrogen-bond acceptors (Lipinski definition) is 4. The highest BCUT2D eigenvalue weighted by Crippen LogP contribution is 2.24. The van der Waals surface area contributed by atoms with Gasteiger partial charge < -0.3 is 10.1 Å². The zero-order valence-electron chi connectivity index (χ0n) is 16.9. The van der Waals surface area contributed by atoms with E-state index in [0.29, 0.717) is 36.9 Å². The summed E-state index contributed by atoms with van der Waals surface area (Å²) in [6.07, 6.45) is 2.69. The molecule has 0 aromatic heterocycles. The molecule has 0 aliphatic carbocycles. The van der Waals surface area contributed by atoms with E-state index in [1.54, 1.807) is 52.8 Å². The minimum atomic E-state index is -3.49. The molecule has 1 saturated heterocycles. The fourth-order valence-electron chi connectivity index (χ4n) is 3.21. The van der Waals surface area contributed by atoms with Crippen LogP contribution in [0.4, 0.5) is 5.69 Å². The number of hydrogen-bond donors (Lipinski definition) is 1. The maximum Gasteiger partial charge on any atom is 0.255 e. The Balaban J connectivity index is 1.63. The lowest BCUT2D eigenvalue weighted by Crippen LogP contribution is -2.37.